The van der Waals surface area contributed by atoms with E-state index in [0.717, 1.165) is 0 Å². The van der Waals surface area contributed by atoms with Crippen LogP contribution >= 0.6 is 23.2 Å². The summed E-state index contributed by atoms with van der Waals surface area (Å²) < 4.78 is 9.74. The van der Waals surface area contributed by atoms with E-state index in [1.807, 2.05) is 0 Å². The molecule has 1 aromatic carbocycles. The number of hydrogen-bond acceptors (Lipinski definition) is 4. The molecule has 1 atom stereocenters. The number of carbonyl (C=O) groups is 1. The van der Waals surface area contributed by atoms with Crippen molar-refractivity contribution in [2.24, 2.45) is 0 Å². The van der Waals surface area contributed by atoms with Gasteiger partial charge in [0.05, 0.1) is 7.11 Å². The summed E-state index contributed by atoms with van der Waals surface area (Å²) in [6.45, 7) is 0. The molecule has 2 aromatic rings. The topological polar surface area (TPSA) is 59.7 Å². The quantitative estimate of drug-likeness (QED) is 0.882. The van der Waals surface area contributed by atoms with Gasteiger partial charge < -0.3 is 14.3 Å². The molecule has 1 aromatic heterocycles. The summed E-state index contributed by atoms with van der Waals surface area (Å²) in [6.07, 6.45) is -1.08. The second-order valence-corrected chi connectivity index (χ2v) is 4.61. The van der Waals surface area contributed by atoms with Crippen LogP contribution in [0.5, 0.6) is 0 Å². The average molecular weight is 301 g/mol. The summed E-state index contributed by atoms with van der Waals surface area (Å²) in [6, 6.07) is 7.63. The molecule has 1 heterocycles. The van der Waals surface area contributed by atoms with Crippen LogP contribution in [0.4, 0.5) is 0 Å². The van der Waals surface area contributed by atoms with Crippen molar-refractivity contribution < 1.29 is 19.1 Å². The van der Waals surface area contributed by atoms with Crippen LogP contribution in [0.3, 0.4) is 0 Å². The van der Waals surface area contributed by atoms with Crippen LogP contribution in [-0.4, -0.2) is 18.2 Å². The van der Waals surface area contributed by atoms with Crippen molar-refractivity contribution in [2.75, 3.05) is 7.11 Å². The molecule has 0 fully saturated rings. The first-order chi connectivity index (χ1) is 9.02. The molecule has 0 saturated carbocycles. The van der Waals surface area contributed by atoms with Gasteiger partial charge in [-0.2, -0.15) is 0 Å². The number of aliphatic hydroxyl groups excluding tert-OH is 1. The zero-order chi connectivity index (χ0) is 14.0. The lowest BCUT2D eigenvalue weighted by atomic mass is 10.1. The molecule has 0 aliphatic rings. The third kappa shape index (κ3) is 2.92. The van der Waals surface area contributed by atoms with E-state index in [1.54, 1.807) is 12.1 Å². The summed E-state index contributed by atoms with van der Waals surface area (Å²) >= 11 is 11.8. The van der Waals surface area contributed by atoms with E-state index >= 15 is 0 Å². The zero-order valence-corrected chi connectivity index (χ0v) is 11.4. The molecule has 1 unspecified atom stereocenters. The largest absolute Gasteiger partial charge is 0.463 e. The summed E-state index contributed by atoms with van der Waals surface area (Å²) in [5.74, 6) is -0.396. The predicted molar refractivity (Wildman–Crippen MR) is 70.6 cm³/mol. The van der Waals surface area contributed by atoms with Crippen LogP contribution < -0.4 is 0 Å². The van der Waals surface area contributed by atoms with Gasteiger partial charge in [0, 0.05) is 15.6 Å². The minimum atomic E-state index is -1.08. The normalized spacial score (nSPS) is 12.2. The van der Waals surface area contributed by atoms with E-state index < -0.39 is 12.1 Å². The van der Waals surface area contributed by atoms with E-state index in [9.17, 15) is 9.90 Å². The van der Waals surface area contributed by atoms with Crippen molar-refractivity contribution in [2.45, 2.75) is 6.10 Å². The van der Waals surface area contributed by atoms with Crippen molar-refractivity contribution >= 4 is 29.2 Å². The molecule has 0 aliphatic carbocycles. The molecule has 0 spiro atoms. The number of rotatable bonds is 3. The van der Waals surface area contributed by atoms with Crippen LogP contribution in [0.2, 0.25) is 10.0 Å². The van der Waals surface area contributed by atoms with Crippen LogP contribution in [0.15, 0.2) is 34.7 Å². The van der Waals surface area contributed by atoms with Crippen molar-refractivity contribution in [1.82, 2.24) is 0 Å². The molecule has 0 aliphatic heterocycles. The van der Waals surface area contributed by atoms with Gasteiger partial charge in [0.2, 0.25) is 5.76 Å². The van der Waals surface area contributed by atoms with Crippen LogP contribution in [0, 0.1) is 0 Å². The highest BCUT2D eigenvalue weighted by atomic mass is 35.5. The Morgan fingerprint density at radius 1 is 1.32 bits per heavy atom. The van der Waals surface area contributed by atoms with Crippen LogP contribution in [0.25, 0.3) is 0 Å². The molecule has 0 amide bonds. The summed E-state index contributed by atoms with van der Waals surface area (Å²) in [5, 5.41) is 10.9. The van der Waals surface area contributed by atoms with Gasteiger partial charge in [-0.3, -0.25) is 0 Å². The Bertz CT molecular complexity index is 606. The maximum absolute atomic E-state index is 11.3. The van der Waals surface area contributed by atoms with Crippen LogP contribution in [-0.2, 0) is 4.74 Å². The van der Waals surface area contributed by atoms with Gasteiger partial charge in [-0.25, -0.2) is 4.79 Å². The monoisotopic (exact) mass is 300 g/mol. The molecule has 100 valence electrons. The Morgan fingerprint density at radius 3 is 2.68 bits per heavy atom. The predicted octanol–water partition coefficient (Wildman–Crippen LogP) is 3.45. The van der Waals surface area contributed by atoms with E-state index in [4.69, 9.17) is 27.6 Å². The standard InChI is InChI=1S/C13H10Cl2O4/c1-18-13(17)11-5-4-10(19-11)12(16)8-3-2-7(14)6-9(8)15/h2-6,12,16H,1H3. The highest BCUT2D eigenvalue weighted by molar-refractivity contribution is 6.35. The molecule has 0 bridgehead atoms. The van der Waals surface area contributed by atoms with E-state index in [1.165, 1.54) is 25.3 Å². The average Bonchev–Trinajstić information content (AvgIpc) is 2.86. The first-order valence-corrected chi connectivity index (χ1v) is 6.09. The molecule has 4 nitrogen and oxygen atoms in total. The fourth-order valence-electron chi connectivity index (χ4n) is 1.59. The fraction of sp³-hybridized carbons (Fsp3) is 0.154. The van der Waals surface area contributed by atoms with E-state index in [0.29, 0.717) is 15.6 Å². The number of ether oxygens (including phenoxy) is 1. The summed E-state index contributed by atoms with van der Waals surface area (Å²) in [7, 11) is 1.25. The van der Waals surface area contributed by atoms with E-state index in [-0.39, 0.29) is 11.5 Å². The summed E-state index contributed by atoms with van der Waals surface area (Å²) in [5.41, 5.74) is 0.442. The highest BCUT2D eigenvalue weighted by Gasteiger charge is 2.20. The van der Waals surface area contributed by atoms with Gasteiger partial charge in [-0.1, -0.05) is 29.3 Å². The third-order valence-electron chi connectivity index (χ3n) is 2.54. The lowest BCUT2D eigenvalue weighted by Crippen LogP contribution is -2.01. The minimum Gasteiger partial charge on any atom is -0.463 e. The maximum Gasteiger partial charge on any atom is 0.373 e. The van der Waals surface area contributed by atoms with Gasteiger partial charge >= 0.3 is 5.97 Å². The maximum atomic E-state index is 11.3. The number of methoxy groups -OCH3 is 1. The van der Waals surface area contributed by atoms with Gasteiger partial charge in [-0.05, 0) is 24.3 Å². The third-order valence-corrected chi connectivity index (χ3v) is 3.10. The molecule has 6 heteroatoms. The number of carbonyl (C=O) groups excluding carboxylic acids is 1. The number of halogens is 2. The van der Waals surface area contributed by atoms with Crippen molar-refractivity contribution in [3.05, 3.63) is 57.5 Å². The molecule has 2 rings (SSSR count). The second kappa shape index (κ2) is 5.65. The van der Waals surface area contributed by atoms with E-state index in [2.05, 4.69) is 4.74 Å². The highest BCUT2D eigenvalue weighted by Crippen LogP contribution is 2.31. The molecule has 19 heavy (non-hydrogen) atoms. The first kappa shape index (κ1) is 13.9. The molecule has 1 N–H and O–H groups in total. The Kier molecular flexibility index (Phi) is 4.14. The van der Waals surface area contributed by atoms with Gasteiger partial charge in [0.25, 0.3) is 0 Å². The Balaban J connectivity index is 2.31. The van der Waals surface area contributed by atoms with Crippen LogP contribution in [0.1, 0.15) is 28.0 Å². The molecular formula is C13H10Cl2O4. The lowest BCUT2D eigenvalue weighted by molar-refractivity contribution is 0.0558. The SMILES string of the molecule is COC(=O)c1ccc(C(O)c2ccc(Cl)cc2Cl)o1. The number of aliphatic hydroxyl groups is 1. The smallest absolute Gasteiger partial charge is 0.373 e. The molecule has 0 radical (unpaired) electrons. The van der Waals surface area contributed by atoms with Crippen molar-refractivity contribution in [3.8, 4) is 0 Å². The van der Waals surface area contributed by atoms with Gasteiger partial charge in [-0.15, -0.1) is 0 Å². The Hall–Kier alpha value is -1.49. The second-order valence-electron chi connectivity index (χ2n) is 3.76. The lowest BCUT2D eigenvalue weighted by Gasteiger charge is -2.10. The number of benzene rings is 1. The number of furan rings is 1. The first-order valence-electron chi connectivity index (χ1n) is 5.34. The van der Waals surface area contributed by atoms with Gasteiger partial charge in [0.1, 0.15) is 11.9 Å². The summed E-state index contributed by atoms with van der Waals surface area (Å²) in [4.78, 5) is 11.3. The zero-order valence-electron chi connectivity index (χ0n) is 9.89. The number of hydrogen-bond donors (Lipinski definition) is 1. The Labute approximate surface area is 119 Å². The minimum absolute atomic E-state index is 0.0154. The molecular weight excluding hydrogens is 291 g/mol. The van der Waals surface area contributed by atoms with Crippen molar-refractivity contribution in [1.29, 1.82) is 0 Å². The van der Waals surface area contributed by atoms with Gasteiger partial charge in [0.15, 0.2) is 0 Å². The van der Waals surface area contributed by atoms with Crippen molar-refractivity contribution in [3.63, 3.8) is 0 Å². The fourth-order valence-corrected chi connectivity index (χ4v) is 2.10. The molecule has 0 saturated heterocycles. The number of esters is 1. The Morgan fingerprint density at radius 2 is 2.05 bits per heavy atom.